The van der Waals surface area contributed by atoms with Gasteiger partial charge in [0, 0.05) is 6.21 Å². The lowest BCUT2D eigenvalue weighted by Gasteiger charge is -2.07. The van der Waals surface area contributed by atoms with E-state index in [-0.39, 0.29) is 12.4 Å². The third-order valence-corrected chi connectivity index (χ3v) is 1.60. The molecule has 4 nitrogen and oxygen atoms in total. The first-order chi connectivity index (χ1) is 4.86. The third kappa shape index (κ3) is 0.815. The van der Waals surface area contributed by atoms with E-state index < -0.39 is 0 Å². The number of nitrogens with one attached hydrogen (secondary N) is 1. The maximum Gasteiger partial charge on any atom is 0.204 e. The SMILES string of the molecule is NC1NC2CN=CC=C2O1. The summed E-state index contributed by atoms with van der Waals surface area (Å²) in [5, 5.41) is 3.03. The van der Waals surface area contributed by atoms with E-state index in [1.54, 1.807) is 6.21 Å². The molecule has 0 bridgehead atoms. The van der Waals surface area contributed by atoms with Gasteiger partial charge in [-0.1, -0.05) is 0 Å². The van der Waals surface area contributed by atoms with Crippen LogP contribution in [-0.2, 0) is 4.74 Å². The second kappa shape index (κ2) is 2.07. The summed E-state index contributed by atoms with van der Waals surface area (Å²) in [5.74, 6) is 0.905. The van der Waals surface area contributed by atoms with E-state index in [1.165, 1.54) is 0 Å². The van der Waals surface area contributed by atoms with Crippen LogP contribution in [0.4, 0.5) is 0 Å². The average molecular weight is 139 g/mol. The van der Waals surface area contributed by atoms with Crippen molar-refractivity contribution >= 4 is 6.21 Å². The minimum atomic E-state index is -0.349. The first-order valence-corrected chi connectivity index (χ1v) is 3.24. The zero-order valence-electron chi connectivity index (χ0n) is 5.45. The van der Waals surface area contributed by atoms with Crippen LogP contribution in [0.1, 0.15) is 0 Å². The molecule has 0 amide bonds. The summed E-state index contributed by atoms with van der Waals surface area (Å²) in [6.07, 6.45) is 3.23. The maximum absolute atomic E-state index is 5.46. The molecule has 0 aromatic heterocycles. The zero-order valence-corrected chi connectivity index (χ0v) is 5.45. The van der Waals surface area contributed by atoms with Crippen LogP contribution in [0.25, 0.3) is 0 Å². The number of rotatable bonds is 0. The summed E-state index contributed by atoms with van der Waals surface area (Å²) in [6.45, 7) is 0.736. The molecule has 0 aliphatic carbocycles. The molecule has 2 unspecified atom stereocenters. The predicted molar refractivity (Wildman–Crippen MR) is 37.4 cm³/mol. The van der Waals surface area contributed by atoms with Gasteiger partial charge in [0.25, 0.3) is 0 Å². The number of hydrogen-bond acceptors (Lipinski definition) is 4. The quantitative estimate of drug-likeness (QED) is 0.461. The average Bonchev–Trinajstić information content (AvgIpc) is 2.27. The molecular formula is C6H9N3O. The Morgan fingerprint density at radius 1 is 1.80 bits per heavy atom. The fourth-order valence-corrected chi connectivity index (χ4v) is 1.13. The van der Waals surface area contributed by atoms with Gasteiger partial charge < -0.3 is 4.74 Å². The van der Waals surface area contributed by atoms with Crippen molar-refractivity contribution in [2.24, 2.45) is 10.7 Å². The number of dihydropyridines is 1. The Labute approximate surface area is 58.8 Å². The number of fused-ring (bicyclic) bond motifs is 1. The molecule has 0 spiro atoms. The van der Waals surface area contributed by atoms with Gasteiger partial charge in [-0.15, -0.1) is 0 Å². The second-order valence-electron chi connectivity index (χ2n) is 2.34. The van der Waals surface area contributed by atoms with Crippen LogP contribution < -0.4 is 11.1 Å². The van der Waals surface area contributed by atoms with Crippen molar-refractivity contribution in [2.45, 2.75) is 12.4 Å². The van der Waals surface area contributed by atoms with Gasteiger partial charge in [-0.2, -0.15) is 0 Å². The first kappa shape index (κ1) is 5.88. The number of allylic oxidation sites excluding steroid dienone is 1. The second-order valence-corrected chi connectivity index (χ2v) is 2.34. The highest BCUT2D eigenvalue weighted by atomic mass is 16.5. The molecule has 0 aromatic carbocycles. The fraction of sp³-hybridized carbons (Fsp3) is 0.500. The molecule has 2 atom stereocenters. The lowest BCUT2D eigenvalue weighted by molar-refractivity contribution is 0.153. The lowest BCUT2D eigenvalue weighted by Crippen LogP contribution is -2.38. The van der Waals surface area contributed by atoms with Gasteiger partial charge in [-0.3, -0.25) is 16.0 Å². The summed E-state index contributed by atoms with van der Waals surface area (Å²) in [5.41, 5.74) is 5.46. The standard InChI is InChI=1S/C6H9N3O/c7-6-9-4-3-8-2-1-5(4)10-6/h1-2,4,6,9H,3,7H2. The van der Waals surface area contributed by atoms with E-state index in [2.05, 4.69) is 10.3 Å². The summed E-state index contributed by atoms with van der Waals surface area (Å²) in [6, 6.07) is 0.208. The van der Waals surface area contributed by atoms with E-state index in [4.69, 9.17) is 10.5 Å². The monoisotopic (exact) mass is 139 g/mol. The Bertz CT molecular complexity index is 199. The summed E-state index contributed by atoms with van der Waals surface area (Å²) in [7, 11) is 0. The number of ether oxygens (including phenoxy) is 1. The van der Waals surface area contributed by atoms with Crippen LogP contribution in [0.3, 0.4) is 0 Å². The molecular weight excluding hydrogens is 130 g/mol. The van der Waals surface area contributed by atoms with Gasteiger partial charge in [0.1, 0.15) is 5.76 Å². The van der Waals surface area contributed by atoms with Crippen LogP contribution in [0.15, 0.2) is 16.8 Å². The Kier molecular flexibility index (Phi) is 1.22. The molecule has 2 heterocycles. The molecule has 0 radical (unpaired) electrons. The Hall–Kier alpha value is -0.870. The molecule has 3 N–H and O–H groups in total. The highest BCUT2D eigenvalue weighted by Crippen LogP contribution is 2.15. The molecule has 2 aliphatic heterocycles. The Morgan fingerprint density at radius 2 is 2.70 bits per heavy atom. The number of nitrogens with zero attached hydrogens (tertiary/aromatic N) is 1. The summed E-state index contributed by atoms with van der Waals surface area (Å²) in [4.78, 5) is 4.05. The molecule has 0 saturated carbocycles. The zero-order chi connectivity index (χ0) is 6.97. The van der Waals surface area contributed by atoms with Crippen molar-refractivity contribution in [2.75, 3.05) is 6.54 Å². The van der Waals surface area contributed by atoms with Gasteiger partial charge in [0.15, 0.2) is 0 Å². The van der Waals surface area contributed by atoms with Gasteiger partial charge in [-0.25, -0.2) is 0 Å². The van der Waals surface area contributed by atoms with Crippen molar-refractivity contribution in [3.63, 3.8) is 0 Å². The van der Waals surface area contributed by atoms with Crippen molar-refractivity contribution < 1.29 is 4.74 Å². The van der Waals surface area contributed by atoms with Gasteiger partial charge >= 0.3 is 0 Å². The highest BCUT2D eigenvalue weighted by molar-refractivity contribution is 5.73. The molecule has 10 heavy (non-hydrogen) atoms. The Morgan fingerprint density at radius 3 is 3.50 bits per heavy atom. The van der Waals surface area contributed by atoms with Gasteiger partial charge in [0.05, 0.1) is 12.6 Å². The van der Waals surface area contributed by atoms with E-state index in [0.717, 1.165) is 12.3 Å². The molecule has 54 valence electrons. The first-order valence-electron chi connectivity index (χ1n) is 3.24. The lowest BCUT2D eigenvalue weighted by atomic mass is 10.2. The predicted octanol–water partition coefficient (Wildman–Crippen LogP) is -0.815. The van der Waals surface area contributed by atoms with Crippen LogP contribution >= 0.6 is 0 Å². The fourth-order valence-electron chi connectivity index (χ4n) is 1.13. The third-order valence-electron chi connectivity index (χ3n) is 1.60. The normalized spacial score (nSPS) is 36.7. The minimum Gasteiger partial charge on any atom is -0.465 e. The van der Waals surface area contributed by atoms with Gasteiger partial charge in [0.2, 0.25) is 6.35 Å². The van der Waals surface area contributed by atoms with Crippen LogP contribution in [0.2, 0.25) is 0 Å². The maximum atomic E-state index is 5.46. The van der Waals surface area contributed by atoms with Crippen LogP contribution in [0, 0.1) is 0 Å². The summed E-state index contributed by atoms with van der Waals surface area (Å²) < 4.78 is 5.20. The largest absolute Gasteiger partial charge is 0.465 e. The number of hydrogen-bond donors (Lipinski definition) is 2. The van der Waals surface area contributed by atoms with Crippen LogP contribution in [-0.4, -0.2) is 25.2 Å². The smallest absolute Gasteiger partial charge is 0.204 e. The van der Waals surface area contributed by atoms with Crippen molar-refractivity contribution in [3.05, 3.63) is 11.8 Å². The molecule has 2 rings (SSSR count). The van der Waals surface area contributed by atoms with Crippen molar-refractivity contribution in [3.8, 4) is 0 Å². The number of aliphatic imine (C=N–C) groups is 1. The van der Waals surface area contributed by atoms with Crippen molar-refractivity contribution in [1.82, 2.24) is 5.32 Å². The number of nitrogens with two attached hydrogens (primary N) is 1. The van der Waals surface area contributed by atoms with Crippen LogP contribution in [0.5, 0.6) is 0 Å². The van der Waals surface area contributed by atoms with Gasteiger partial charge in [-0.05, 0) is 6.08 Å². The molecule has 1 saturated heterocycles. The van der Waals surface area contributed by atoms with E-state index in [9.17, 15) is 0 Å². The molecule has 2 aliphatic rings. The summed E-state index contributed by atoms with van der Waals surface area (Å²) >= 11 is 0. The minimum absolute atomic E-state index is 0.208. The highest BCUT2D eigenvalue weighted by Gasteiger charge is 2.27. The Balaban J connectivity index is 2.18. The van der Waals surface area contributed by atoms with E-state index in [1.807, 2.05) is 6.08 Å². The molecule has 4 heteroatoms. The van der Waals surface area contributed by atoms with E-state index >= 15 is 0 Å². The molecule has 1 fully saturated rings. The topological polar surface area (TPSA) is 59.6 Å². The van der Waals surface area contributed by atoms with Crippen molar-refractivity contribution in [1.29, 1.82) is 0 Å². The molecule has 0 aromatic rings. The van der Waals surface area contributed by atoms with E-state index in [0.29, 0.717) is 0 Å².